The maximum Gasteiger partial charge on any atom is 0.244 e. The molecule has 1 saturated heterocycles. The Bertz CT molecular complexity index is 1140. The van der Waals surface area contributed by atoms with Crippen LogP contribution in [0.4, 0.5) is 5.69 Å². The second-order valence-electron chi connectivity index (χ2n) is 7.58. The number of hydrogen-bond acceptors (Lipinski definition) is 7. The van der Waals surface area contributed by atoms with Crippen LogP contribution < -0.4 is 9.03 Å². The van der Waals surface area contributed by atoms with E-state index in [1.165, 1.54) is 24.5 Å². The van der Waals surface area contributed by atoms with E-state index in [4.69, 9.17) is 4.42 Å². The van der Waals surface area contributed by atoms with E-state index in [1.807, 2.05) is 19.0 Å². The first-order valence-electron chi connectivity index (χ1n) is 9.31. The van der Waals surface area contributed by atoms with Gasteiger partial charge >= 0.3 is 0 Å². The van der Waals surface area contributed by atoms with Gasteiger partial charge in [0, 0.05) is 6.54 Å². The summed E-state index contributed by atoms with van der Waals surface area (Å²) in [7, 11) is -4.00. The summed E-state index contributed by atoms with van der Waals surface area (Å²) in [5, 5.41) is 0. The molecule has 11 heteroatoms. The molecule has 0 bridgehead atoms. The Hall–Kier alpha value is -2.21. The Morgan fingerprint density at radius 1 is 1.30 bits per heavy atom. The molecule has 2 aromatic rings. The molecule has 30 heavy (non-hydrogen) atoms. The lowest BCUT2D eigenvalue weighted by molar-refractivity contribution is -0.119. The molecule has 1 N–H and O–H groups in total. The number of carbonyl (C=O) groups excluding carboxylic acids is 1. The molecule has 164 valence electrons. The quantitative estimate of drug-likeness (QED) is 0.672. The first-order chi connectivity index (χ1) is 13.9. The minimum atomic E-state index is -3.88. The van der Waals surface area contributed by atoms with Gasteiger partial charge in [-0.25, -0.2) is 25.9 Å². The van der Waals surface area contributed by atoms with Gasteiger partial charge in [-0.3, -0.25) is 9.69 Å². The molecule has 0 radical (unpaired) electrons. The van der Waals surface area contributed by atoms with E-state index in [1.54, 1.807) is 26.0 Å². The van der Waals surface area contributed by atoms with E-state index < -0.39 is 31.9 Å². The fraction of sp³-hybridized carbons (Fsp3) is 0.421. The summed E-state index contributed by atoms with van der Waals surface area (Å²) in [6.07, 6.45) is 1.53. The van der Waals surface area contributed by atoms with Crippen molar-refractivity contribution in [3.05, 3.63) is 47.9 Å². The third-order valence-corrected chi connectivity index (χ3v) is 8.46. The summed E-state index contributed by atoms with van der Waals surface area (Å²) in [6, 6.07) is 7.26. The molecule has 1 aromatic heterocycles. The number of benzene rings is 1. The minimum absolute atomic E-state index is 0.0142. The van der Waals surface area contributed by atoms with Gasteiger partial charge in [-0.15, -0.1) is 0 Å². The van der Waals surface area contributed by atoms with Crippen molar-refractivity contribution in [1.82, 2.24) is 9.62 Å². The van der Waals surface area contributed by atoms with Gasteiger partial charge in [0.15, 0.2) is 0 Å². The Labute approximate surface area is 176 Å². The van der Waals surface area contributed by atoms with E-state index in [9.17, 15) is 21.6 Å². The summed E-state index contributed by atoms with van der Waals surface area (Å²) >= 11 is 0. The second kappa shape index (κ2) is 8.14. The van der Waals surface area contributed by atoms with Crippen molar-refractivity contribution in [2.75, 3.05) is 30.7 Å². The summed E-state index contributed by atoms with van der Waals surface area (Å²) in [5.41, 5.74) is 0.476. The zero-order valence-electron chi connectivity index (χ0n) is 17.2. The van der Waals surface area contributed by atoms with Crippen LogP contribution in [0, 0.1) is 12.8 Å². The monoisotopic (exact) mass is 455 g/mol. The molecule has 2 heterocycles. The van der Waals surface area contributed by atoms with Crippen molar-refractivity contribution in [2.24, 2.45) is 5.92 Å². The normalized spacial score (nSPS) is 20.1. The highest BCUT2D eigenvalue weighted by Crippen LogP contribution is 2.30. The van der Waals surface area contributed by atoms with Crippen molar-refractivity contribution in [3.63, 3.8) is 0 Å². The number of aryl methyl sites for hydroxylation is 1. The average molecular weight is 456 g/mol. The number of carbonyl (C=O) groups is 1. The van der Waals surface area contributed by atoms with Crippen LogP contribution in [0.5, 0.6) is 0 Å². The Morgan fingerprint density at radius 2 is 2.00 bits per heavy atom. The van der Waals surface area contributed by atoms with Crippen LogP contribution in [0.1, 0.15) is 24.3 Å². The Kier molecular flexibility index (Phi) is 6.10. The van der Waals surface area contributed by atoms with Gasteiger partial charge in [-0.05, 0) is 56.9 Å². The van der Waals surface area contributed by atoms with Gasteiger partial charge in [0.2, 0.25) is 26.0 Å². The summed E-state index contributed by atoms with van der Waals surface area (Å²) < 4.78 is 59.0. The fourth-order valence-corrected chi connectivity index (χ4v) is 6.51. The van der Waals surface area contributed by atoms with E-state index in [2.05, 4.69) is 4.72 Å². The lowest BCUT2D eigenvalue weighted by Crippen LogP contribution is -2.34. The molecule has 1 aliphatic heterocycles. The fourth-order valence-electron chi connectivity index (χ4n) is 3.43. The average Bonchev–Trinajstić information content (AvgIpc) is 3.21. The number of sulfonamides is 2. The molecular weight excluding hydrogens is 430 g/mol. The van der Waals surface area contributed by atoms with Crippen LogP contribution in [-0.2, 0) is 24.8 Å². The lowest BCUT2D eigenvalue weighted by atomic mass is 10.2. The van der Waals surface area contributed by atoms with Crippen molar-refractivity contribution in [3.8, 4) is 0 Å². The Balaban J connectivity index is 1.84. The van der Waals surface area contributed by atoms with Crippen LogP contribution >= 0.6 is 0 Å². The van der Waals surface area contributed by atoms with E-state index in [-0.39, 0.29) is 28.9 Å². The Morgan fingerprint density at radius 3 is 2.50 bits per heavy atom. The van der Waals surface area contributed by atoms with Gasteiger partial charge in [0.1, 0.15) is 5.76 Å². The molecule has 3 rings (SSSR count). The van der Waals surface area contributed by atoms with Crippen LogP contribution in [0.25, 0.3) is 0 Å². The minimum Gasteiger partial charge on any atom is -0.468 e. The third kappa shape index (κ3) is 4.29. The summed E-state index contributed by atoms with van der Waals surface area (Å²) in [5.74, 6) is -0.785. The maximum atomic E-state index is 12.9. The molecule has 9 nitrogen and oxygen atoms in total. The standard InChI is InChI=1S/C19H25N3O6S2/c1-13-10-15(22-19(23)14(2)12-29(22,24)25)7-8-18(13)30(26,27)20-11-16(21(3)4)17-6-5-9-28-17/h5-10,14,16,20H,11-12H2,1-4H3. The first-order valence-corrected chi connectivity index (χ1v) is 12.4. The molecule has 0 aliphatic carbocycles. The predicted octanol–water partition coefficient (Wildman–Crippen LogP) is 1.48. The molecule has 1 aromatic carbocycles. The van der Waals surface area contributed by atoms with Crippen molar-refractivity contribution in [1.29, 1.82) is 0 Å². The number of nitrogens with one attached hydrogen (secondary N) is 1. The van der Waals surface area contributed by atoms with Crippen molar-refractivity contribution >= 4 is 31.6 Å². The highest BCUT2D eigenvalue weighted by molar-refractivity contribution is 7.94. The van der Waals surface area contributed by atoms with Crippen LogP contribution in [0.15, 0.2) is 45.9 Å². The maximum absolute atomic E-state index is 12.9. The smallest absolute Gasteiger partial charge is 0.244 e. The molecule has 1 aliphatic rings. The number of amides is 1. The SMILES string of the molecule is Cc1cc(N2C(=O)C(C)CS2(=O)=O)ccc1S(=O)(=O)NCC(c1ccco1)N(C)C. The molecule has 2 atom stereocenters. The van der Waals surface area contributed by atoms with E-state index in [0.717, 1.165) is 4.31 Å². The molecule has 1 amide bonds. The van der Waals surface area contributed by atoms with Crippen LogP contribution in [-0.4, -0.2) is 54.0 Å². The largest absolute Gasteiger partial charge is 0.468 e. The summed E-state index contributed by atoms with van der Waals surface area (Å²) in [6.45, 7) is 3.20. The second-order valence-corrected chi connectivity index (χ2v) is 11.2. The third-order valence-electron chi connectivity index (χ3n) is 5.00. The molecule has 0 spiro atoms. The van der Waals surface area contributed by atoms with Crippen molar-refractivity contribution in [2.45, 2.75) is 24.8 Å². The zero-order valence-corrected chi connectivity index (χ0v) is 18.8. The van der Waals surface area contributed by atoms with Crippen LogP contribution in [0.3, 0.4) is 0 Å². The van der Waals surface area contributed by atoms with Gasteiger partial charge in [-0.1, -0.05) is 6.92 Å². The number of hydrogen-bond donors (Lipinski definition) is 1. The first kappa shape index (κ1) is 22.5. The lowest BCUT2D eigenvalue weighted by Gasteiger charge is -2.23. The number of likely N-dealkylation sites (N-methyl/N-ethyl adjacent to an activating group) is 1. The van der Waals surface area contributed by atoms with Gasteiger partial charge in [0.25, 0.3) is 0 Å². The number of nitrogens with zero attached hydrogens (tertiary/aromatic N) is 2. The summed E-state index contributed by atoms with van der Waals surface area (Å²) in [4.78, 5) is 14.1. The van der Waals surface area contributed by atoms with E-state index >= 15 is 0 Å². The predicted molar refractivity (Wildman–Crippen MR) is 112 cm³/mol. The van der Waals surface area contributed by atoms with Gasteiger partial charge in [0.05, 0.1) is 34.6 Å². The van der Waals surface area contributed by atoms with E-state index in [0.29, 0.717) is 11.3 Å². The molecule has 2 unspecified atom stereocenters. The van der Waals surface area contributed by atoms with Crippen molar-refractivity contribution < 1.29 is 26.0 Å². The number of anilines is 1. The zero-order chi connectivity index (χ0) is 22.3. The highest BCUT2D eigenvalue weighted by Gasteiger charge is 2.42. The van der Waals surface area contributed by atoms with Gasteiger partial charge < -0.3 is 4.42 Å². The topological polar surface area (TPSA) is 117 Å². The molecular formula is C19H25N3O6S2. The highest BCUT2D eigenvalue weighted by atomic mass is 32.2. The van der Waals surface area contributed by atoms with Crippen LogP contribution in [0.2, 0.25) is 0 Å². The molecule has 0 saturated carbocycles. The number of rotatable bonds is 7. The number of furan rings is 1. The van der Waals surface area contributed by atoms with Gasteiger partial charge in [-0.2, -0.15) is 0 Å². The molecule has 1 fully saturated rings.